The van der Waals surface area contributed by atoms with E-state index in [2.05, 4.69) is 17.0 Å². The van der Waals surface area contributed by atoms with Gasteiger partial charge in [0.05, 0.1) is 0 Å². The van der Waals surface area contributed by atoms with E-state index in [-0.39, 0.29) is 5.91 Å². The second kappa shape index (κ2) is 9.09. The smallest absolute Gasteiger partial charge is 0.367 e. The van der Waals surface area contributed by atoms with E-state index in [9.17, 15) is 14.7 Å². The monoisotopic (exact) mass is 456 g/mol. The number of nitrogens with zero attached hydrogens (tertiary/aromatic N) is 4. The molecule has 2 unspecified atom stereocenters. The zero-order valence-electron chi connectivity index (χ0n) is 17.9. The van der Waals surface area contributed by atoms with Crippen molar-refractivity contribution in [1.82, 2.24) is 14.9 Å². The summed E-state index contributed by atoms with van der Waals surface area (Å²) >= 11 is 1.61. The lowest BCUT2D eigenvalue weighted by Crippen LogP contribution is -2.54. The van der Waals surface area contributed by atoms with Crippen LogP contribution in [0.25, 0.3) is 0 Å². The van der Waals surface area contributed by atoms with E-state index < -0.39 is 18.5 Å². The summed E-state index contributed by atoms with van der Waals surface area (Å²) in [6.07, 6.45) is 0.988. The van der Waals surface area contributed by atoms with E-state index >= 15 is 0 Å². The average molecular weight is 457 g/mol. The van der Waals surface area contributed by atoms with Crippen molar-refractivity contribution in [3.63, 3.8) is 0 Å². The van der Waals surface area contributed by atoms with Crippen LogP contribution in [-0.4, -0.2) is 77.1 Å². The van der Waals surface area contributed by atoms with Gasteiger partial charge in [0.25, 0.3) is 5.91 Å². The van der Waals surface area contributed by atoms with Gasteiger partial charge in [0.15, 0.2) is 0 Å². The number of amides is 2. The van der Waals surface area contributed by atoms with Gasteiger partial charge in [-0.15, -0.1) is 5.06 Å². The van der Waals surface area contributed by atoms with Crippen LogP contribution in [0.5, 0.6) is 0 Å². The van der Waals surface area contributed by atoms with Crippen LogP contribution in [0, 0.1) is 5.92 Å². The summed E-state index contributed by atoms with van der Waals surface area (Å²) in [4.78, 5) is 36.6. The van der Waals surface area contributed by atoms with Gasteiger partial charge < -0.3 is 19.7 Å². The molecule has 1 aromatic heterocycles. The topological polar surface area (TPSA) is 76.6 Å². The third kappa shape index (κ3) is 4.20. The molecule has 5 rings (SSSR count). The Hall–Kier alpha value is -2.62. The van der Waals surface area contributed by atoms with Crippen molar-refractivity contribution < 1.29 is 19.5 Å². The molecule has 1 aromatic carbocycles. The van der Waals surface area contributed by atoms with Crippen LogP contribution in [0.4, 0.5) is 10.5 Å². The fraction of sp³-hybridized carbons (Fsp3) is 0.478. The first kappa shape index (κ1) is 21.2. The number of piperidine rings is 1. The summed E-state index contributed by atoms with van der Waals surface area (Å²) in [5, 5.41) is 15.6. The minimum Gasteiger partial charge on any atom is -0.367 e. The number of aliphatic hydroxyl groups excluding tert-OH is 1. The molecule has 1 N–H and O–H groups in total. The number of rotatable bonds is 4. The standard InChI is InChI=1S/C23H28N4O4S/c28-21-20-15-25(19-8-13-32-16-19)11-12-26(20)22(29)27(21)31-23(30)24-9-6-18(7-10-24)14-17-4-2-1-3-5-17/h1-5,8,13,16,18,20,22,29H,6-7,9-12,14-15H2. The van der Waals surface area contributed by atoms with Crippen LogP contribution >= 0.6 is 11.3 Å². The molecule has 9 heteroatoms. The molecule has 32 heavy (non-hydrogen) atoms. The molecule has 0 bridgehead atoms. The number of hydroxylamine groups is 2. The van der Waals surface area contributed by atoms with E-state index in [1.54, 1.807) is 21.1 Å². The van der Waals surface area contributed by atoms with Gasteiger partial charge >= 0.3 is 6.09 Å². The summed E-state index contributed by atoms with van der Waals surface area (Å²) in [7, 11) is 0. The second-order valence-electron chi connectivity index (χ2n) is 8.67. The van der Waals surface area contributed by atoms with Crippen LogP contribution < -0.4 is 4.90 Å². The Balaban J connectivity index is 1.15. The molecule has 3 saturated heterocycles. The minimum atomic E-state index is -1.24. The molecule has 0 radical (unpaired) electrons. The van der Waals surface area contributed by atoms with Crippen LogP contribution in [-0.2, 0) is 16.1 Å². The molecule has 0 aliphatic carbocycles. The Bertz CT molecular complexity index is 933. The Morgan fingerprint density at radius 2 is 1.88 bits per heavy atom. The average Bonchev–Trinajstić information content (AvgIpc) is 3.44. The predicted octanol–water partition coefficient (Wildman–Crippen LogP) is 2.36. The molecule has 2 amide bonds. The van der Waals surface area contributed by atoms with E-state index in [0.717, 1.165) is 30.0 Å². The zero-order valence-corrected chi connectivity index (χ0v) is 18.7. The summed E-state index contributed by atoms with van der Waals surface area (Å²) in [6, 6.07) is 11.9. The quantitative estimate of drug-likeness (QED) is 0.761. The largest absolute Gasteiger partial charge is 0.434 e. The Kier molecular flexibility index (Phi) is 6.03. The maximum atomic E-state index is 12.9. The van der Waals surface area contributed by atoms with Crippen LogP contribution in [0.2, 0.25) is 0 Å². The zero-order chi connectivity index (χ0) is 22.1. The molecule has 170 valence electrons. The van der Waals surface area contributed by atoms with Gasteiger partial charge in [-0.1, -0.05) is 30.3 Å². The summed E-state index contributed by atoms with van der Waals surface area (Å²) in [5.41, 5.74) is 2.39. The van der Waals surface area contributed by atoms with E-state index in [1.807, 2.05) is 35.0 Å². The number of carbonyl (C=O) groups excluding carboxylic acids is 2. The van der Waals surface area contributed by atoms with Gasteiger partial charge in [-0.25, -0.2) is 9.69 Å². The number of aliphatic hydroxyl groups is 1. The SMILES string of the molecule is O=C(ON1C(=O)C2CN(c3ccsc3)CCN2C1O)N1CCC(Cc2ccccc2)CC1. The lowest BCUT2D eigenvalue weighted by molar-refractivity contribution is -0.214. The van der Waals surface area contributed by atoms with Gasteiger partial charge in [-0.2, -0.15) is 11.3 Å². The summed E-state index contributed by atoms with van der Waals surface area (Å²) < 4.78 is 0. The first-order valence-electron chi connectivity index (χ1n) is 11.1. The maximum Gasteiger partial charge on any atom is 0.434 e. The van der Waals surface area contributed by atoms with Gasteiger partial charge in [0, 0.05) is 43.8 Å². The van der Waals surface area contributed by atoms with Crippen molar-refractivity contribution in [2.75, 3.05) is 37.6 Å². The Morgan fingerprint density at radius 3 is 2.59 bits per heavy atom. The number of benzene rings is 1. The number of likely N-dealkylation sites (tertiary alicyclic amines) is 1. The highest BCUT2D eigenvalue weighted by molar-refractivity contribution is 7.08. The Labute approximate surface area is 191 Å². The summed E-state index contributed by atoms with van der Waals surface area (Å²) in [6.45, 7) is 2.87. The number of carbonyl (C=O) groups is 2. The maximum absolute atomic E-state index is 12.9. The number of piperazine rings is 1. The number of anilines is 1. The molecular weight excluding hydrogens is 428 g/mol. The minimum absolute atomic E-state index is 0.371. The molecule has 4 heterocycles. The first-order valence-corrected chi connectivity index (χ1v) is 12.1. The van der Waals surface area contributed by atoms with Crippen molar-refractivity contribution in [2.24, 2.45) is 5.92 Å². The predicted molar refractivity (Wildman–Crippen MR) is 121 cm³/mol. The highest BCUT2D eigenvalue weighted by Gasteiger charge is 2.50. The molecule has 0 saturated carbocycles. The van der Waals surface area contributed by atoms with Gasteiger partial charge in [-0.05, 0) is 42.2 Å². The molecule has 3 aliphatic rings. The number of fused-ring (bicyclic) bond motifs is 1. The van der Waals surface area contributed by atoms with E-state index in [0.29, 0.717) is 38.6 Å². The number of hydrogen-bond donors (Lipinski definition) is 1. The van der Waals surface area contributed by atoms with Crippen molar-refractivity contribution in [1.29, 1.82) is 0 Å². The molecule has 3 aliphatic heterocycles. The second-order valence-corrected chi connectivity index (χ2v) is 9.45. The third-order valence-electron chi connectivity index (χ3n) is 6.72. The Morgan fingerprint density at radius 1 is 1.09 bits per heavy atom. The molecular formula is C23H28N4O4S. The number of thiophene rings is 1. The van der Waals surface area contributed by atoms with Crippen LogP contribution in [0.15, 0.2) is 47.2 Å². The van der Waals surface area contributed by atoms with Gasteiger partial charge in [0.2, 0.25) is 6.35 Å². The first-order chi connectivity index (χ1) is 15.6. The van der Waals surface area contributed by atoms with Crippen molar-refractivity contribution in [3.8, 4) is 0 Å². The molecule has 8 nitrogen and oxygen atoms in total. The summed E-state index contributed by atoms with van der Waals surface area (Å²) in [5.74, 6) is 0.155. The van der Waals surface area contributed by atoms with Crippen LogP contribution in [0.1, 0.15) is 18.4 Å². The highest BCUT2D eigenvalue weighted by atomic mass is 32.1. The fourth-order valence-electron chi connectivity index (χ4n) is 4.86. The lowest BCUT2D eigenvalue weighted by atomic mass is 9.90. The fourth-order valence-corrected chi connectivity index (χ4v) is 5.53. The van der Waals surface area contributed by atoms with Crippen molar-refractivity contribution in [2.45, 2.75) is 31.7 Å². The molecule has 0 spiro atoms. The molecule has 3 fully saturated rings. The van der Waals surface area contributed by atoms with Crippen LogP contribution in [0.3, 0.4) is 0 Å². The third-order valence-corrected chi connectivity index (χ3v) is 7.39. The van der Waals surface area contributed by atoms with Crippen molar-refractivity contribution in [3.05, 3.63) is 52.7 Å². The highest BCUT2D eigenvalue weighted by Crippen LogP contribution is 2.29. The van der Waals surface area contributed by atoms with E-state index in [4.69, 9.17) is 4.84 Å². The van der Waals surface area contributed by atoms with Gasteiger partial charge in [0.1, 0.15) is 6.04 Å². The van der Waals surface area contributed by atoms with Gasteiger partial charge in [-0.3, -0.25) is 4.79 Å². The molecule has 2 atom stereocenters. The van der Waals surface area contributed by atoms with E-state index in [1.165, 1.54) is 5.56 Å². The lowest BCUT2D eigenvalue weighted by Gasteiger charge is -2.37. The molecule has 2 aromatic rings. The normalized spacial score (nSPS) is 24.7. The van der Waals surface area contributed by atoms with Crippen molar-refractivity contribution >= 4 is 29.0 Å². The number of hydrogen-bond acceptors (Lipinski definition) is 7.